The number of hydrogen-bond acceptors (Lipinski definition) is 3. The normalized spacial score (nSPS) is 9.44. The fraction of sp³-hybridized carbons (Fsp3) is 0.357. The van der Waals surface area contributed by atoms with Gasteiger partial charge in [-0.1, -0.05) is 17.9 Å². The van der Waals surface area contributed by atoms with Gasteiger partial charge < -0.3 is 15.2 Å². The van der Waals surface area contributed by atoms with Gasteiger partial charge >= 0.3 is 0 Å². The Bertz CT molecular complexity index is 446. The van der Waals surface area contributed by atoms with E-state index in [9.17, 15) is 4.79 Å². The molecule has 4 nitrogen and oxygen atoms in total. The van der Waals surface area contributed by atoms with E-state index in [4.69, 9.17) is 9.84 Å². The predicted molar refractivity (Wildman–Crippen MR) is 70.1 cm³/mol. The Balaban J connectivity index is 2.53. The van der Waals surface area contributed by atoms with Crippen LogP contribution in [0.2, 0.25) is 0 Å². The number of hydrogen-bond donors (Lipinski definition) is 2. The van der Waals surface area contributed by atoms with Crippen LogP contribution in [0.1, 0.15) is 18.9 Å². The maximum atomic E-state index is 11.5. The molecule has 1 aromatic rings. The van der Waals surface area contributed by atoms with Crippen LogP contribution in [0.15, 0.2) is 24.3 Å². The van der Waals surface area contributed by atoms with Gasteiger partial charge in [0.15, 0.2) is 0 Å². The monoisotopic (exact) mass is 247 g/mol. The molecule has 0 saturated heterocycles. The van der Waals surface area contributed by atoms with Gasteiger partial charge in [-0.2, -0.15) is 0 Å². The molecule has 0 aromatic heterocycles. The van der Waals surface area contributed by atoms with E-state index in [1.807, 2.05) is 13.0 Å². The van der Waals surface area contributed by atoms with Crippen LogP contribution in [-0.2, 0) is 9.53 Å². The first-order valence-corrected chi connectivity index (χ1v) is 5.83. The summed E-state index contributed by atoms with van der Waals surface area (Å²) in [6.45, 7) is 2.75. The molecule has 0 aliphatic rings. The first-order valence-electron chi connectivity index (χ1n) is 5.83. The first kappa shape index (κ1) is 14.2. The molecule has 1 aromatic carbocycles. The molecule has 0 aliphatic carbocycles. The zero-order valence-corrected chi connectivity index (χ0v) is 10.4. The number of anilines is 1. The highest BCUT2D eigenvalue weighted by atomic mass is 16.5. The van der Waals surface area contributed by atoms with Gasteiger partial charge in [-0.25, -0.2) is 0 Å². The smallest absolute Gasteiger partial charge is 0.226 e. The van der Waals surface area contributed by atoms with Crippen molar-refractivity contribution in [1.82, 2.24) is 0 Å². The van der Waals surface area contributed by atoms with Crippen LogP contribution in [0.25, 0.3) is 0 Å². The van der Waals surface area contributed by atoms with Gasteiger partial charge in [0, 0.05) is 17.9 Å². The largest absolute Gasteiger partial charge is 0.384 e. The van der Waals surface area contributed by atoms with E-state index >= 15 is 0 Å². The van der Waals surface area contributed by atoms with E-state index in [2.05, 4.69) is 17.2 Å². The van der Waals surface area contributed by atoms with Crippen molar-refractivity contribution >= 4 is 11.6 Å². The number of rotatable bonds is 5. The summed E-state index contributed by atoms with van der Waals surface area (Å²) in [7, 11) is 0. The van der Waals surface area contributed by atoms with Crippen LogP contribution in [-0.4, -0.2) is 30.8 Å². The van der Waals surface area contributed by atoms with Gasteiger partial charge in [0.1, 0.15) is 6.61 Å². The minimum atomic E-state index is -0.176. The standard InChI is InChI=1S/C14H17NO3/c1-2-18-10-8-14(17)15-13-7-3-5-12(11-13)6-4-9-16/h3,5,7,11,16H,2,8-10H2,1H3,(H,15,17). The second-order valence-corrected chi connectivity index (χ2v) is 3.54. The molecule has 0 heterocycles. The lowest BCUT2D eigenvalue weighted by molar-refractivity contribution is -0.117. The number of aliphatic hydroxyl groups is 1. The first-order chi connectivity index (χ1) is 8.76. The molecule has 0 unspecified atom stereocenters. The Labute approximate surface area is 107 Å². The molecule has 1 rings (SSSR count). The molecular formula is C14H17NO3. The second kappa shape index (κ2) is 8.29. The number of amides is 1. The molecule has 0 radical (unpaired) electrons. The van der Waals surface area contributed by atoms with Crippen molar-refractivity contribution in [1.29, 1.82) is 0 Å². The number of benzene rings is 1. The highest BCUT2D eigenvalue weighted by Crippen LogP contribution is 2.10. The van der Waals surface area contributed by atoms with Gasteiger partial charge in [-0.3, -0.25) is 4.79 Å². The third-order valence-electron chi connectivity index (χ3n) is 2.14. The Morgan fingerprint density at radius 3 is 3.06 bits per heavy atom. The van der Waals surface area contributed by atoms with Crippen molar-refractivity contribution in [3.63, 3.8) is 0 Å². The van der Waals surface area contributed by atoms with E-state index < -0.39 is 0 Å². The Morgan fingerprint density at radius 2 is 2.33 bits per heavy atom. The van der Waals surface area contributed by atoms with Gasteiger partial charge in [0.05, 0.1) is 13.0 Å². The van der Waals surface area contributed by atoms with E-state index in [-0.39, 0.29) is 12.5 Å². The van der Waals surface area contributed by atoms with E-state index in [0.29, 0.717) is 25.3 Å². The maximum absolute atomic E-state index is 11.5. The van der Waals surface area contributed by atoms with Crippen LogP contribution < -0.4 is 5.32 Å². The van der Waals surface area contributed by atoms with E-state index in [0.717, 1.165) is 5.56 Å². The summed E-state index contributed by atoms with van der Waals surface area (Å²) in [4.78, 5) is 11.5. The second-order valence-electron chi connectivity index (χ2n) is 3.54. The summed E-state index contributed by atoms with van der Waals surface area (Å²) in [5.74, 6) is 5.26. The zero-order valence-electron chi connectivity index (χ0n) is 10.4. The number of aliphatic hydroxyl groups excluding tert-OH is 1. The molecule has 0 spiro atoms. The fourth-order valence-corrected chi connectivity index (χ4v) is 1.35. The predicted octanol–water partition coefficient (Wildman–Crippen LogP) is 1.40. The fourth-order valence-electron chi connectivity index (χ4n) is 1.35. The Morgan fingerprint density at radius 1 is 1.50 bits per heavy atom. The lowest BCUT2D eigenvalue weighted by Crippen LogP contribution is -2.14. The molecular weight excluding hydrogens is 230 g/mol. The quantitative estimate of drug-likeness (QED) is 0.610. The number of carbonyl (C=O) groups excluding carboxylic acids is 1. The van der Waals surface area contributed by atoms with Crippen LogP contribution >= 0.6 is 0 Å². The van der Waals surface area contributed by atoms with Crippen LogP contribution in [0.3, 0.4) is 0 Å². The highest BCUT2D eigenvalue weighted by molar-refractivity contribution is 5.90. The van der Waals surface area contributed by atoms with Crippen molar-refractivity contribution in [2.24, 2.45) is 0 Å². The van der Waals surface area contributed by atoms with Gasteiger partial charge in [-0.15, -0.1) is 0 Å². The summed E-state index contributed by atoms with van der Waals surface area (Å²) >= 11 is 0. The van der Waals surface area contributed by atoms with Crippen molar-refractivity contribution in [3.8, 4) is 11.8 Å². The summed E-state index contributed by atoms with van der Waals surface area (Å²) in [6, 6.07) is 7.18. The SMILES string of the molecule is CCOCCC(=O)Nc1cccc(C#CCO)c1. The van der Waals surface area contributed by atoms with Crippen molar-refractivity contribution < 1.29 is 14.6 Å². The zero-order chi connectivity index (χ0) is 13.2. The number of nitrogens with one attached hydrogen (secondary N) is 1. The summed E-state index contributed by atoms with van der Waals surface area (Å²) in [5, 5.41) is 11.4. The molecule has 96 valence electrons. The summed E-state index contributed by atoms with van der Waals surface area (Å²) < 4.78 is 5.11. The van der Waals surface area contributed by atoms with Gasteiger partial charge in [0.2, 0.25) is 5.91 Å². The van der Waals surface area contributed by atoms with Crippen molar-refractivity contribution in [3.05, 3.63) is 29.8 Å². The molecule has 1 amide bonds. The number of carbonyl (C=O) groups is 1. The summed E-state index contributed by atoms with van der Waals surface area (Å²) in [6.07, 6.45) is 0.334. The Hall–Kier alpha value is -1.83. The molecule has 0 bridgehead atoms. The minimum Gasteiger partial charge on any atom is -0.384 e. The van der Waals surface area contributed by atoms with Crippen molar-refractivity contribution in [2.75, 3.05) is 25.1 Å². The number of ether oxygens (including phenoxy) is 1. The summed E-state index contributed by atoms with van der Waals surface area (Å²) in [5.41, 5.74) is 1.45. The molecule has 0 atom stereocenters. The average molecular weight is 247 g/mol. The molecule has 18 heavy (non-hydrogen) atoms. The third-order valence-corrected chi connectivity index (χ3v) is 2.14. The topological polar surface area (TPSA) is 58.6 Å². The molecule has 4 heteroatoms. The van der Waals surface area contributed by atoms with Crippen LogP contribution in [0.5, 0.6) is 0 Å². The Kier molecular flexibility index (Phi) is 6.55. The van der Waals surface area contributed by atoms with Gasteiger partial charge in [0.25, 0.3) is 0 Å². The minimum absolute atomic E-state index is 0.0873. The molecule has 0 fully saturated rings. The third kappa shape index (κ3) is 5.48. The van der Waals surface area contributed by atoms with E-state index in [1.165, 1.54) is 0 Å². The highest BCUT2D eigenvalue weighted by Gasteiger charge is 2.02. The molecule has 2 N–H and O–H groups in total. The van der Waals surface area contributed by atoms with Crippen LogP contribution in [0, 0.1) is 11.8 Å². The lowest BCUT2D eigenvalue weighted by atomic mass is 10.2. The van der Waals surface area contributed by atoms with Gasteiger partial charge in [-0.05, 0) is 25.1 Å². The van der Waals surface area contributed by atoms with E-state index in [1.54, 1.807) is 18.2 Å². The average Bonchev–Trinajstić information content (AvgIpc) is 2.37. The molecule has 0 saturated carbocycles. The van der Waals surface area contributed by atoms with Crippen molar-refractivity contribution in [2.45, 2.75) is 13.3 Å². The maximum Gasteiger partial charge on any atom is 0.226 e. The van der Waals surface area contributed by atoms with Crippen LogP contribution in [0.4, 0.5) is 5.69 Å². The molecule has 0 aliphatic heterocycles. The lowest BCUT2D eigenvalue weighted by Gasteiger charge is -2.05.